The third-order valence-corrected chi connectivity index (χ3v) is 3.26. The molecule has 1 fully saturated rings. The van der Waals surface area contributed by atoms with Crippen LogP contribution in [0.3, 0.4) is 0 Å². The molecule has 0 aliphatic carbocycles. The molecule has 0 N–H and O–H groups in total. The normalized spacial score (nSPS) is 22.5. The van der Waals surface area contributed by atoms with Crippen molar-refractivity contribution in [2.24, 2.45) is 0 Å². The van der Waals surface area contributed by atoms with Crippen LogP contribution in [-0.4, -0.2) is 37.8 Å². The smallest absolute Gasteiger partial charge is 0.109 e. The summed E-state index contributed by atoms with van der Waals surface area (Å²) >= 11 is 1.98. The summed E-state index contributed by atoms with van der Waals surface area (Å²) in [6.45, 7) is 4.96. The monoisotopic (exact) mass is 284 g/mol. The molecule has 1 aliphatic heterocycles. The van der Waals surface area contributed by atoms with E-state index < -0.39 is 0 Å². The van der Waals surface area contributed by atoms with Gasteiger partial charge in [-0.15, -0.1) is 0 Å². The van der Waals surface area contributed by atoms with Crippen LogP contribution in [-0.2, 0) is 3.07 Å². The molecule has 0 saturated carbocycles. The van der Waals surface area contributed by atoms with Gasteiger partial charge in [0.15, 0.2) is 0 Å². The molecule has 0 bridgehead atoms. The molecule has 0 spiro atoms. The second-order valence-electron chi connectivity index (χ2n) is 4.02. The fourth-order valence-electron chi connectivity index (χ4n) is 2.00. The molecule has 0 atom stereocenters. The SMILES string of the molecule is C[N+]1(CCCOI)CCCCC1. The summed E-state index contributed by atoms with van der Waals surface area (Å²) in [4.78, 5) is 0. The number of quaternary nitrogens is 1. The van der Waals surface area contributed by atoms with Crippen molar-refractivity contribution >= 4 is 23.0 Å². The van der Waals surface area contributed by atoms with Gasteiger partial charge in [-0.2, -0.15) is 0 Å². The van der Waals surface area contributed by atoms with Crippen LogP contribution >= 0.6 is 23.0 Å². The van der Waals surface area contributed by atoms with Crippen molar-refractivity contribution in [2.75, 3.05) is 33.3 Å². The lowest BCUT2D eigenvalue weighted by atomic mass is 10.1. The first-order chi connectivity index (χ1) is 5.77. The van der Waals surface area contributed by atoms with Crippen LogP contribution in [0.2, 0.25) is 0 Å². The van der Waals surface area contributed by atoms with Crippen LogP contribution in [0, 0.1) is 0 Å². The van der Waals surface area contributed by atoms with Crippen LogP contribution < -0.4 is 0 Å². The number of nitrogens with zero attached hydrogens (tertiary/aromatic N) is 1. The molecule has 1 saturated heterocycles. The van der Waals surface area contributed by atoms with Gasteiger partial charge in [0.2, 0.25) is 0 Å². The number of hydrogen-bond acceptors (Lipinski definition) is 1. The lowest BCUT2D eigenvalue weighted by molar-refractivity contribution is -0.914. The zero-order chi connectivity index (χ0) is 8.86. The second kappa shape index (κ2) is 5.40. The van der Waals surface area contributed by atoms with Gasteiger partial charge < -0.3 is 7.55 Å². The van der Waals surface area contributed by atoms with E-state index in [0.29, 0.717) is 0 Å². The maximum absolute atomic E-state index is 5.04. The molecule has 3 heteroatoms. The Balaban J connectivity index is 2.17. The average Bonchev–Trinajstić information content (AvgIpc) is 2.06. The summed E-state index contributed by atoms with van der Waals surface area (Å²) in [5.74, 6) is 0. The molecule has 72 valence electrons. The summed E-state index contributed by atoms with van der Waals surface area (Å²) < 4.78 is 6.32. The Labute approximate surface area is 89.5 Å². The Kier molecular flexibility index (Phi) is 4.82. The van der Waals surface area contributed by atoms with Gasteiger partial charge in [0.1, 0.15) is 23.0 Å². The molecule has 12 heavy (non-hydrogen) atoms. The highest BCUT2D eigenvalue weighted by Crippen LogP contribution is 2.16. The molecule has 1 rings (SSSR count). The quantitative estimate of drug-likeness (QED) is 0.437. The maximum atomic E-state index is 5.04. The molecule has 0 aromatic rings. The predicted molar refractivity (Wildman–Crippen MR) is 59.2 cm³/mol. The number of hydrogen-bond donors (Lipinski definition) is 0. The van der Waals surface area contributed by atoms with Crippen LogP contribution in [0.5, 0.6) is 0 Å². The first-order valence-electron chi connectivity index (χ1n) is 4.84. The molecule has 1 heterocycles. The first-order valence-corrected chi connectivity index (χ1v) is 5.72. The van der Waals surface area contributed by atoms with E-state index in [1.54, 1.807) is 0 Å². The lowest BCUT2D eigenvalue weighted by Crippen LogP contribution is -2.48. The van der Waals surface area contributed by atoms with Gasteiger partial charge in [0, 0.05) is 6.42 Å². The second-order valence-corrected chi connectivity index (χ2v) is 4.64. The fraction of sp³-hybridized carbons (Fsp3) is 1.00. The van der Waals surface area contributed by atoms with E-state index in [1.807, 2.05) is 23.0 Å². The van der Waals surface area contributed by atoms with Crippen molar-refractivity contribution in [2.45, 2.75) is 25.7 Å². The van der Waals surface area contributed by atoms with Crippen LogP contribution in [0.25, 0.3) is 0 Å². The highest BCUT2D eigenvalue weighted by atomic mass is 127. The van der Waals surface area contributed by atoms with Crippen LogP contribution in [0.1, 0.15) is 25.7 Å². The molecule has 0 aromatic carbocycles. The van der Waals surface area contributed by atoms with Crippen molar-refractivity contribution in [1.29, 1.82) is 0 Å². The summed E-state index contributed by atoms with van der Waals surface area (Å²) in [5.41, 5.74) is 0. The minimum Gasteiger partial charge on any atom is -0.326 e. The van der Waals surface area contributed by atoms with Crippen molar-refractivity contribution in [3.63, 3.8) is 0 Å². The Hall–Kier alpha value is 0.650. The predicted octanol–water partition coefficient (Wildman–Crippen LogP) is 2.37. The van der Waals surface area contributed by atoms with Crippen molar-refractivity contribution < 1.29 is 7.55 Å². The topological polar surface area (TPSA) is 9.23 Å². The fourth-order valence-corrected chi connectivity index (χ4v) is 2.31. The Morgan fingerprint density at radius 1 is 1.25 bits per heavy atom. The van der Waals surface area contributed by atoms with Gasteiger partial charge in [0.05, 0.1) is 33.3 Å². The van der Waals surface area contributed by atoms with E-state index in [4.69, 9.17) is 3.07 Å². The lowest BCUT2D eigenvalue weighted by Gasteiger charge is -2.37. The first kappa shape index (κ1) is 10.7. The minimum atomic E-state index is 0.911. The molecule has 1 aliphatic rings. The molecular formula is C9H19INO+. The van der Waals surface area contributed by atoms with Crippen molar-refractivity contribution in [3.05, 3.63) is 0 Å². The highest BCUT2D eigenvalue weighted by molar-refractivity contribution is 14.1. The van der Waals surface area contributed by atoms with Gasteiger partial charge in [-0.05, 0) is 19.3 Å². The third-order valence-electron chi connectivity index (χ3n) is 2.82. The van der Waals surface area contributed by atoms with E-state index in [9.17, 15) is 0 Å². The Morgan fingerprint density at radius 3 is 2.50 bits per heavy atom. The van der Waals surface area contributed by atoms with Crippen molar-refractivity contribution in [1.82, 2.24) is 0 Å². The van der Waals surface area contributed by atoms with E-state index >= 15 is 0 Å². The molecule has 0 radical (unpaired) electrons. The standard InChI is InChI=1S/C9H19INO/c1-11(8-5-9-12-10)6-3-2-4-7-11/h2-9H2,1H3/q+1. The largest absolute Gasteiger partial charge is 0.326 e. The zero-order valence-corrected chi connectivity index (χ0v) is 10.0. The molecule has 2 nitrogen and oxygen atoms in total. The van der Waals surface area contributed by atoms with E-state index in [2.05, 4.69) is 7.05 Å². The highest BCUT2D eigenvalue weighted by Gasteiger charge is 2.23. The average molecular weight is 284 g/mol. The number of rotatable bonds is 4. The van der Waals surface area contributed by atoms with Gasteiger partial charge >= 0.3 is 0 Å². The molecule has 0 aromatic heterocycles. The van der Waals surface area contributed by atoms with Gasteiger partial charge in [0.25, 0.3) is 0 Å². The van der Waals surface area contributed by atoms with E-state index in [0.717, 1.165) is 6.61 Å². The number of likely N-dealkylation sites (tertiary alicyclic amines) is 1. The number of halogens is 1. The van der Waals surface area contributed by atoms with Crippen LogP contribution in [0.4, 0.5) is 0 Å². The summed E-state index contributed by atoms with van der Waals surface area (Å²) in [6, 6.07) is 0. The maximum Gasteiger partial charge on any atom is 0.109 e. The third kappa shape index (κ3) is 3.58. The summed E-state index contributed by atoms with van der Waals surface area (Å²) in [6.07, 6.45) is 5.49. The van der Waals surface area contributed by atoms with Gasteiger partial charge in [-0.25, -0.2) is 0 Å². The minimum absolute atomic E-state index is 0.911. The van der Waals surface area contributed by atoms with Gasteiger partial charge in [-0.3, -0.25) is 0 Å². The molecule has 0 amide bonds. The Bertz CT molecular complexity index is 124. The Morgan fingerprint density at radius 2 is 1.92 bits per heavy atom. The van der Waals surface area contributed by atoms with Gasteiger partial charge in [-0.1, -0.05) is 0 Å². The van der Waals surface area contributed by atoms with E-state index in [-0.39, 0.29) is 0 Å². The summed E-state index contributed by atoms with van der Waals surface area (Å²) in [7, 11) is 2.38. The summed E-state index contributed by atoms with van der Waals surface area (Å²) in [5, 5.41) is 0. The number of piperidine rings is 1. The van der Waals surface area contributed by atoms with Crippen molar-refractivity contribution in [3.8, 4) is 0 Å². The molecular weight excluding hydrogens is 265 g/mol. The molecule has 0 unspecified atom stereocenters. The zero-order valence-electron chi connectivity index (χ0n) is 7.89. The van der Waals surface area contributed by atoms with E-state index in [1.165, 1.54) is 49.8 Å². The van der Waals surface area contributed by atoms with Crippen LogP contribution in [0.15, 0.2) is 0 Å².